The maximum absolute atomic E-state index is 10.9. The van der Waals surface area contributed by atoms with E-state index in [1.165, 1.54) is 0 Å². The molecule has 0 bridgehead atoms. The first kappa shape index (κ1) is 10.4. The van der Waals surface area contributed by atoms with Gasteiger partial charge in [-0.2, -0.15) is 0 Å². The number of hydrogen-bond donors (Lipinski definition) is 1. The summed E-state index contributed by atoms with van der Waals surface area (Å²) in [5.41, 5.74) is 5.77. The Morgan fingerprint density at radius 1 is 1.45 bits per heavy atom. The van der Waals surface area contributed by atoms with Crippen LogP contribution in [0.2, 0.25) is 0 Å². The highest BCUT2D eigenvalue weighted by Gasteiger charge is 1.97. The van der Waals surface area contributed by atoms with Crippen molar-refractivity contribution in [1.82, 2.24) is 0 Å². The molecule has 0 fully saturated rings. The number of allylic oxidation sites excluding steroid dienone is 3. The van der Waals surface area contributed by atoms with E-state index in [0.717, 1.165) is 0 Å². The van der Waals surface area contributed by atoms with Gasteiger partial charge in [-0.05, 0) is 25.5 Å². The Hall–Kier alpha value is -0.600. The number of nitrogens with two attached hydrogens (primary N) is 1. The van der Waals surface area contributed by atoms with Gasteiger partial charge in [-0.1, -0.05) is 17.7 Å². The van der Waals surface area contributed by atoms with Crippen LogP contribution < -0.4 is 5.73 Å². The van der Waals surface area contributed by atoms with Gasteiger partial charge in [0.05, 0.1) is 6.54 Å². The summed E-state index contributed by atoms with van der Waals surface area (Å²) in [4.78, 5) is 10.9. The highest BCUT2D eigenvalue weighted by Crippen LogP contribution is 2.01. The number of halogens is 1. The highest BCUT2D eigenvalue weighted by atomic mass is 35.5. The van der Waals surface area contributed by atoms with E-state index < -0.39 is 0 Å². The lowest BCUT2D eigenvalue weighted by Gasteiger charge is -1.93. The Balaban J connectivity index is 4.23. The van der Waals surface area contributed by atoms with Gasteiger partial charge in [0.2, 0.25) is 0 Å². The van der Waals surface area contributed by atoms with Crippen molar-refractivity contribution in [1.29, 1.82) is 0 Å². The lowest BCUT2D eigenvalue weighted by atomic mass is 10.2. The van der Waals surface area contributed by atoms with E-state index in [1.54, 1.807) is 26.0 Å². The molecule has 0 rings (SSSR count). The topological polar surface area (TPSA) is 43.1 Å². The molecule has 0 aromatic rings. The number of carbonyl (C=O) groups is 1. The molecule has 0 heterocycles. The molecule has 0 spiro atoms. The third kappa shape index (κ3) is 4.76. The molecule has 0 radical (unpaired) electrons. The Kier molecular flexibility index (Phi) is 4.83. The molecular formula is C8H12ClNO. The average Bonchev–Trinajstić information content (AvgIpc) is 1.98. The Labute approximate surface area is 71.7 Å². The first-order valence-corrected chi connectivity index (χ1v) is 3.69. The average molecular weight is 174 g/mol. The Morgan fingerprint density at radius 3 is 2.36 bits per heavy atom. The summed E-state index contributed by atoms with van der Waals surface area (Å²) in [6.45, 7) is 3.52. The van der Waals surface area contributed by atoms with Crippen LogP contribution in [0.3, 0.4) is 0 Å². The third-order valence-electron chi connectivity index (χ3n) is 1.19. The molecular weight excluding hydrogens is 162 g/mol. The van der Waals surface area contributed by atoms with Crippen LogP contribution in [0.15, 0.2) is 22.8 Å². The fraction of sp³-hybridized carbons (Fsp3) is 0.375. The van der Waals surface area contributed by atoms with Crippen molar-refractivity contribution < 1.29 is 4.79 Å². The van der Waals surface area contributed by atoms with Crippen molar-refractivity contribution >= 4 is 17.4 Å². The molecule has 2 N–H and O–H groups in total. The first-order valence-electron chi connectivity index (χ1n) is 3.32. The minimum Gasteiger partial charge on any atom is -0.324 e. The van der Waals surface area contributed by atoms with Crippen molar-refractivity contribution in [3.8, 4) is 0 Å². The number of Topliss-reactive ketones (excluding diaryl/α,β-unsaturated/α-hetero) is 1. The van der Waals surface area contributed by atoms with Crippen LogP contribution >= 0.6 is 11.6 Å². The fourth-order valence-electron chi connectivity index (χ4n) is 0.494. The van der Waals surface area contributed by atoms with Crippen molar-refractivity contribution in [2.45, 2.75) is 13.8 Å². The maximum Gasteiger partial charge on any atom is 0.172 e. The van der Waals surface area contributed by atoms with Crippen LogP contribution in [0.5, 0.6) is 0 Å². The Morgan fingerprint density at radius 2 is 2.00 bits per heavy atom. The molecule has 0 atom stereocenters. The largest absolute Gasteiger partial charge is 0.324 e. The maximum atomic E-state index is 10.9. The second-order valence-electron chi connectivity index (χ2n) is 2.23. The molecule has 0 aliphatic rings. The van der Waals surface area contributed by atoms with Gasteiger partial charge >= 0.3 is 0 Å². The molecule has 0 aliphatic heterocycles. The highest BCUT2D eigenvalue weighted by molar-refractivity contribution is 6.29. The van der Waals surface area contributed by atoms with Gasteiger partial charge in [0.25, 0.3) is 0 Å². The molecule has 0 aromatic heterocycles. The summed E-state index contributed by atoms with van der Waals surface area (Å²) in [5.74, 6) is -0.0563. The van der Waals surface area contributed by atoms with Gasteiger partial charge in [0.1, 0.15) is 0 Å². The zero-order valence-corrected chi connectivity index (χ0v) is 7.48. The lowest BCUT2D eigenvalue weighted by Crippen LogP contribution is -2.13. The minimum atomic E-state index is -0.0563. The molecule has 3 heteroatoms. The van der Waals surface area contributed by atoms with Crippen LogP contribution in [0.25, 0.3) is 0 Å². The predicted molar refractivity (Wildman–Crippen MR) is 47.4 cm³/mol. The molecule has 2 nitrogen and oxygen atoms in total. The van der Waals surface area contributed by atoms with E-state index in [2.05, 4.69) is 0 Å². The second kappa shape index (κ2) is 5.10. The van der Waals surface area contributed by atoms with Gasteiger partial charge in [0.15, 0.2) is 5.78 Å². The zero-order valence-electron chi connectivity index (χ0n) is 6.73. The summed E-state index contributed by atoms with van der Waals surface area (Å²) >= 11 is 5.54. The van der Waals surface area contributed by atoms with Crippen molar-refractivity contribution in [3.63, 3.8) is 0 Å². The fourth-order valence-corrected chi connectivity index (χ4v) is 0.557. The van der Waals surface area contributed by atoms with Crippen LogP contribution in [0.4, 0.5) is 0 Å². The molecule has 0 aromatic carbocycles. The summed E-state index contributed by atoms with van der Waals surface area (Å²) in [6, 6.07) is 0. The monoisotopic (exact) mass is 173 g/mol. The summed E-state index contributed by atoms with van der Waals surface area (Å²) in [6.07, 6.45) is 3.34. The van der Waals surface area contributed by atoms with E-state index in [-0.39, 0.29) is 12.3 Å². The van der Waals surface area contributed by atoms with Gasteiger partial charge in [-0.25, -0.2) is 0 Å². The van der Waals surface area contributed by atoms with E-state index >= 15 is 0 Å². The van der Waals surface area contributed by atoms with Gasteiger partial charge in [-0.3, -0.25) is 4.79 Å². The van der Waals surface area contributed by atoms with Crippen LogP contribution in [0, 0.1) is 0 Å². The Bertz CT molecular complexity index is 202. The number of rotatable bonds is 3. The smallest absolute Gasteiger partial charge is 0.172 e. The van der Waals surface area contributed by atoms with E-state index in [9.17, 15) is 4.79 Å². The van der Waals surface area contributed by atoms with Crippen molar-refractivity contribution in [2.24, 2.45) is 5.73 Å². The normalized spacial score (nSPS) is 13.5. The summed E-state index contributed by atoms with van der Waals surface area (Å²) in [5, 5.41) is 0.647. The minimum absolute atomic E-state index is 0.0531. The molecule has 11 heavy (non-hydrogen) atoms. The standard InChI is InChI=1S/C8H12ClNO/c1-6(8(11)5-10)3-4-7(2)9/h3-4H,5,10H2,1-2H3/b6-3+,7-4+. The first-order chi connectivity index (χ1) is 5.07. The predicted octanol–water partition coefficient (Wildman–Crippen LogP) is 1.60. The van der Waals surface area contributed by atoms with Crippen LogP contribution in [0.1, 0.15) is 13.8 Å². The molecule has 0 amide bonds. The van der Waals surface area contributed by atoms with E-state index in [0.29, 0.717) is 10.6 Å². The molecule has 62 valence electrons. The number of ketones is 1. The zero-order chi connectivity index (χ0) is 8.85. The van der Waals surface area contributed by atoms with Crippen molar-refractivity contribution in [3.05, 3.63) is 22.8 Å². The van der Waals surface area contributed by atoms with Crippen LogP contribution in [-0.4, -0.2) is 12.3 Å². The number of carbonyl (C=O) groups excluding carboxylic acids is 1. The molecule has 0 saturated heterocycles. The molecule has 0 unspecified atom stereocenters. The lowest BCUT2D eigenvalue weighted by molar-refractivity contribution is -0.114. The summed E-state index contributed by atoms with van der Waals surface area (Å²) in [7, 11) is 0. The van der Waals surface area contributed by atoms with Crippen molar-refractivity contribution in [2.75, 3.05) is 6.54 Å². The van der Waals surface area contributed by atoms with Gasteiger partial charge in [0, 0.05) is 5.03 Å². The summed E-state index contributed by atoms with van der Waals surface area (Å²) < 4.78 is 0. The van der Waals surface area contributed by atoms with E-state index in [1.807, 2.05) is 0 Å². The van der Waals surface area contributed by atoms with Gasteiger partial charge < -0.3 is 5.73 Å². The SMILES string of the molecule is C/C(Cl)=C\C=C(/C)C(=O)CN. The number of hydrogen-bond acceptors (Lipinski definition) is 2. The van der Waals surface area contributed by atoms with Gasteiger partial charge in [-0.15, -0.1) is 0 Å². The van der Waals surface area contributed by atoms with Crippen LogP contribution in [-0.2, 0) is 4.79 Å². The van der Waals surface area contributed by atoms with E-state index in [4.69, 9.17) is 17.3 Å². The second-order valence-corrected chi connectivity index (χ2v) is 2.83. The third-order valence-corrected chi connectivity index (χ3v) is 1.31. The quantitative estimate of drug-likeness (QED) is 0.521. The molecule has 0 saturated carbocycles. The molecule has 0 aliphatic carbocycles.